The lowest BCUT2D eigenvalue weighted by Gasteiger charge is -2.39. The highest BCUT2D eigenvalue weighted by atomic mass is 32.2. The Kier molecular flexibility index (Phi) is 3.96. The molecule has 13 heavy (non-hydrogen) atoms. The third kappa shape index (κ3) is 2.15. The summed E-state index contributed by atoms with van der Waals surface area (Å²) in [7, 11) is 0. The number of aliphatic hydroxyl groups excluding tert-OH is 4. The lowest BCUT2D eigenvalue weighted by molar-refractivity contribution is -0.205. The molecule has 5 nitrogen and oxygen atoms in total. The van der Waals surface area contributed by atoms with E-state index in [4.69, 9.17) is 9.84 Å². The molecule has 0 spiro atoms. The van der Waals surface area contributed by atoms with Gasteiger partial charge in [-0.05, 0) is 6.26 Å². The maximum atomic E-state index is 9.38. The van der Waals surface area contributed by atoms with Crippen molar-refractivity contribution < 1.29 is 25.2 Å². The van der Waals surface area contributed by atoms with Gasteiger partial charge >= 0.3 is 0 Å². The van der Waals surface area contributed by atoms with Crippen LogP contribution in [0.25, 0.3) is 0 Å². The van der Waals surface area contributed by atoms with Crippen molar-refractivity contribution in [1.82, 2.24) is 0 Å². The van der Waals surface area contributed by atoms with Crippen LogP contribution in [0.15, 0.2) is 0 Å². The SMILES string of the molecule is CS[C@@H]1OC(CO)[C@H](O)C(O)C1O. The van der Waals surface area contributed by atoms with Crippen molar-refractivity contribution >= 4 is 11.8 Å². The molecule has 0 bridgehead atoms. The van der Waals surface area contributed by atoms with Crippen LogP contribution in [0.5, 0.6) is 0 Å². The Balaban J connectivity index is 2.66. The van der Waals surface area contributed by atoms with Crippen LogP contribution in [0.2, 0.25) is 0 Å². The Labute approximate surface area is 80.3 Å². The molecule has 78 valence electrons. The van der Waals surface area contributed by atoms with Crippen molar-refractivity contribution in [2.24, 2.45) is 0 Å². The summed E-state index contributed by atoms with van der Waals surface area (Å²) in [5.74, 6) is 0. The van der Waals surface area contributed by atoms with Gasteiger partial charge in [0.25, 0.3) is 0 Å². The fourth-order valence-electron chi connectivity index (χ4n) is 1.26. The molecule has 0 radical (unpaired) electrons. The first-order valence-electron chi connectivity index (χ1n) is 3.95. The predicted octanol–water partition coefficient (Wildman–Crippen LogP) is -1.85. The quantitative estimate of drug-likeness (QED) is 0.428. The molecule has 1 aliphatic heterocycles. The smallest absolute Gasteiger partial charge is 0.132 e. The molecule has 0 aliphatic carbocycles. The third-order valence-corrected chi connectivity index (χ3v) is 2.94. The van der Waals surface area contributed by atoms with Crippen molar-refractivity contribution in [3.8, 4) is 0 Å². The molecule has 0 aromatic heterocycles. The lowest BCUT2D eigenvalue weighted by atomic mass is 10.0. The van der Waals surface area contributed by atoms with Gasteiger partial charge in [0.15, 0.2) is 0 Å². The Morgan fingerprint density at radius 1 is 1.15 bits per heavy atom. The second-order valence-corrected chi connectivity index (χ2v) is 3.87. The minimum Gasteiger partial charge on any atom is -0.394 e. The molecule has 0 aromatic carbocycles. The van der Waals surface area contributed by atoms with E-state index in [0.29, 0.717) is 0 Å². The molecule has 1 fully saturated rings. The molecule has 1 rings (SSSR count). The van der Waals surface area contributed by atoms with Crippen LogP contribution >= 0.6 is 11.8 Å². The molecule has 0 amide bonds. The average molecular weight is 210 g/mol. The number of hydrogen-bond acceptors (Lipinski definition) is 6. The molecule has 1 heterocycles. The fourth-order valence-corrected chi connectivity index (χ4v) is 1.96. The maximum Gasteiger partial charge on any atom is 0.132 e. The van der Waals surface area contributed by atoms with E-state index in [0.717, 1.165) is 0 Å². The van der Waals surface area contributed by atoms with Crippen LogP contribution in [-0.4, -0.2) is 63.1 Å². The van der Waals surface area contributed by atoms with Crippen LogP contribution < -0.4 is 0 Å². The normalized spacial score (nSPS) is 46.4. The van der Waals surface area contributed by atoms with Gasteiger partial charge in [0, 0.05) is 0 Å². The summed E-state index contributed by atoms with van der Waals surface area (Å²) in [5, 5.41) is 36.8. The van der Waals surface area contributed by atoms with Gasteiger partial charge < -0.3 is 25.2 Å². The van der Waals surface area contributed by atoms with E-state index in [1.54, 1.807) is 6.26 Å². The Morgan fingerprint density at radius 3 is 2.23 bits per heavy atom. The van der Waals surface area contributed by atoms with E-state index < -0.39 is 29.9 Å². The van der Waals surface area contributed by atoms with Gasteiger partial charge in [-0.1, -0.05) is 0 Å². The van der Waals surface area contributed by atoms with Crippen LogP contribution in [0.1, 0.15) is 0 Å². The largest absolute Gasteiger partial charge is 0.394 e. The third-order valence-electron chi connectivity index (χ3n) is 2.08. The van der Waals surface area contributed by atoms with Crippen molar-refractivity contribution in [1.29, 1.82) is 0 Å². The molecule has 0 aromatic rings. The molecule has 1 aliphatic rings. The van der Waals surface area contributed by atoms with E-state index in [-0.39, 0.29) is 6.61 Å². The summed E-state index contributed by atoms with van der Waals surface area (Å²) in [5.41, 5.74) is -0.601. The van der Waals surface area contributed by atoms with Crippen LogP contribution in [-0.2, 0) is 4.74 Å². The van der Waals surface area contributed by atoms with E-state index in [9.17, 15) is 15.3 Å². The number of aliphatic hydroxyl groups is 4. The highest BCUT2D eigenvalue weighted by molar-refractivity contribution is 7.99. The minimum atomic E-state index is -1.26. The van der Waals surface area contributed by atoms with Crippen molar-refractivity contribution in [3.63, 3.8) is 0 Å². The monoisotopic (exact) mass is 210 g/mol. The Morgan fingerprint density at radius 2 is 1.77 bits per heavy atom. The first-order valence-corrected chi connectivity index (χ1v) is 5.24. The highest BCUT2D eigenvalue weighted by Crippen LogP contribution is 2.26. The van der Waals surface area contributed by atoms with Crippen molar-refractivity contribution in [2.45, 2.75) is 29.9 Å². The Bertz CT molecular complexity index is 147. The number of ether oxygens (including phenoxy) is 1. The van der Waals surface area contributed by atoms with Gasteiger partial charge in [0.2, 0.25) is 0 Å². The van der Waals surface area contributed by atoms with Gasteiger partial charge in [-0.3, -0.25) is 0 Å². The summed E-state index contributed by atoms with van der Waals surface area (Å²) in [6, 6.07) is 0. The first kappa shape index (κ1) is 11.2. The molecule has 1 saturated heterocycles. The van der Waals surface area contributed by atoms with Crippen molar-refractivity contribution in [3.05, 3.63) is 0 Å². The summed E-state index contributed by atoms with van der Waals surface area (Å²) in [6.45, 7) is -0.373. The number of rotatable bonds is 2. The van der Waals surface area contributed by atoms with Gasteiger partial charge in [-0.15, -0.1) is 11.8 Å². The second kappa shape index (κ2) is 4.59. The average Bonchev–Trinajstić information content (AvgIpc) is 2.15. The van der Waals surface area contributed by atoms with Gasteiger partial charge in [-0.2, -0.15) is 0 Å². The highest BCUT2D eigenvalue weighted by Gasteiger charge is 2.42. The maximum absolute atomic E-state index is 9.38. The van der Waals surface area contributed by atoms with E-state index in [2.05, 4.69) is 0 Å². The molecule has 0 saturated carbocycles. The molecular weight excluding hydrogens is 196 g/mol. The van der Waals surface area contributed by atoms with E-state index in [1.165, 1.54) is 11.8 Å². The Hall–Kier alpha value is 0.150. The zero-order valence-corrected chi connectivity index (χ0v) is 8.02. The van der Waals surface area contributed by atoms with Gasteiger partial charge in [0.1, 0.15) is 29.9 Å². The summed E-state index contributed by atoms with van der Waals surface area (Å²) in [4.78, 5) is 0. The molecular formula is C7H14O5S. The van der Waals surface area contributed by atoms with E-state index in [1.807, 2.05) is 0 Å². The minimum absolute atomic E-state index is 0.373. The second-order valence-electron chi connectivity index (χ2n) is 2.93. The van der Waals surface area contributed by atoms with Crippen LogP contribution in [0, 0.1) is 0 Å². The zero-order chi connectivity index (χ0) is 10.0. The van der Waals surface area contributed by atoms with Gasteiger partial charge in [-0.25, -0.2) is 0 Å². The molecule has 3 unspecified atom stereocenters. The topological polar surface area (TPSA) is 90.2 Å². The van der Waals surface area contributed by atoms with Gasteiger partial charge in [0.05, 0.1) is 6.61 Å². The number of thioether (sulfide) groups is 1. The lowest BCUT2D eigenvalue weighted by Crippen LogP contribution is -2.57. The van der Waals surface area contributed by atoms with Crippen molar-refractivity contribution in [2.75, 3.05) is 12.9 Å². The zero-order valence-electron chi connectivity index (χ0n) is 7.20. The first-order chi connectivity index (χ1) is 6.11. The molecule has 5 atom stereocenters. The standard InChI is InChI=1S/C7H14O5S/c1-13-7-6(11)5(10)4(9)3(2-8)12-7/h3-11H,2H2,1H3/t3?,4-,5?,6?,7-/m0/s1. The molecule has 6 heteroatoms. The van der Waals surface area contributed by atoms with Crippen LogP contribution in [0.4, 0.5) is 0 Å². The summed E-state index contributed by atoms with van der Waals surface area (Å²) < 4.78 is 5.13. The predicted molar refractivity (Wildman–Crippen MR) is 47.3 cm³/mol. The van der Waals surface area contributed by atoms with E-state index >= 15 is 0 Å². The summed E-state index contributed by atoms with van der Waals surface area (Å²) >= 11 is 1.22. The molecule has 4 N–H and O–H groups in total. The summed E-state index contributed by atoms with van der Waals surface area (Å²) in [6.07, 6.45) is -2.72. The van der Waals surface area contributed by atoms with Crippen LogP contribution in [0.3, 0.4) is 0 Å². The number of hydrogen-bond donors (Lipinski definition) is 4. The fraction of sp³-hybridized carbons (Fsp3) is 1.00.